The van der Waals surface area contributed by atoms with Crippen LogP contribution in [0.1, 0.15) is 22.8 Å². The number of methoxy groups -OCH3 is 2. The van der Waals surface area contributed by atoms with Crippen LogP contribution >= 0.6 is 11.6 Å². The molecule has 0 aliphatic rings. The minimum Gasteiger partial charge on any atom is -0.493 e. The standard InChI is InChI=1S/C17H16ClNO4/c1-10(20)19-14-9-16(23-3)15(22-2)8-13(14)17(21)11-4-6-12(18)7-5-11/h4-9H,1-3H3,(H,19,20). The number of nitrogens with one attached hydrogen (secondary N) is 1. The Morgan fingerprint density at radius 2 is 1.57 bits per heavy atom. The van der Waals surface area contributed by atoms with E-state index in [1.54, 1.807) is 36.4 Å². The van der Waals surface area contributed by atoms with E-state index >= 15 is 0 Å². The summed E-state index contributed by atoms with van der Waals surface area (Å²) in [6.45, 7) is 1.37. The van der Waals surface area contributed by atoms with Crippen LogP contribution in [0, 0.1) is 0 Å². The maximum absolute atomic E-state index is 12.7. The van der Waals surface area contributed by atoms with E-state index in [4.69, 9.17) is 21.1 Å². The quantitative estimate of drug-likeness (QED) is 0.850. The molecule has 1 amide bonds. The molecule has 0 bridgehead atoms. The van der Waals surface area contributed by atoms with Crippen LogP contribution in [-0.4, -0.2) is 25.9 Å². The normalized spacial score (nSPS) is 10.1. The summed E-state index contributed by atoms with van der Waals surface area (Å²) in [5.41, 5.74) is 1.11. The molecule has 0 atom stereocenters. The highest BCUT2D eigenvalue weighted by molar-refractivity contribution is 6.30. The van der Waals surface area contributed by atoms with Gasteiger partial charge in [0.1, 0.15) is 0 Å². The number of hydrogen-bond donors (Lipinski definition) is 1. The van der Waals surface area contributed by atoms with Crippen LogP contribution in [0.2, 0.25) is 5.02 Å². The molecule has 0 saturated carbocycles. The van der Waals surface area contributed by atoms with Crippen molar-refractivity contribution in [2.24, 2.45) is 0 Å². The Morgan fingerprint density at radius 3 is 2.09 bits per heavy atom. The number of hydrogen-bond acceptors (Lipinski definition) is 4. The number of ether oxygens (including phenoxy) is 2. The Kier molecular flexibility index (Phi) is 5.24. The van der Waals surface area contributed by atoms with Crippen molar-refractivity contribution in [1.82, 2.24) is 0 Å². The summed E-state index contributed by atoms with van der Waals surface area (Å²) in [5, 5.41) is 3.18. The topological polar surface area (TPSA) is 64.6 Å². The highest BCUT2D eigenvalue weighted by Gasteiger charge is 2.19. The fraction of sp³-hybridized carbons (Fsp3) is 0.176. The van der Waals surface area contributed by atoms with Gasteiger partial charge in [-0.2, -0.15) is 0 Å². The first-order chi connectivity index (χ1) is 11.0. The van der Waals surface area contributed by atoms with E-state index < -0.39 is 0 Å². The Balaban J connectivity index is 2.55. The Bertz CT molecular complexity index is 741. The first-order valence-electron chi connectivity index (χ1n) is 6.80. The maximum Gasteiger partial charge on any atom is 0.221 e. The highest BCUT2D eigenvalue weighted by atomic mass is 35.5. The Morgan fingerprint density at radius 1 is 1.00 bits per heavy atom. The number of carbonyl (C=O) groups excluding carboxylic acids is 2. The molecule has 0 aliphatic carbocycles. The van der Waals surface area contributed by atoms with Gasteiger partial charge in [0.25, 0.3) is 0 Å². The van der Waals surface area contributed by atoms with E-state index in [1.807, 2.05) is 0 Å². The van der Waals surface area contributed by atoms with Crippen LogP contribution in [0.5, 0.6) is 11.5 Å². The minimum atomic E-state index is -0.289. The minimum absolute atomic E-state index is 0.258. The number of carbonyl (C=O) groups is 2. The van der Waals surface area contributed by atoms with Crippen molar-refractivity contribution in [2.45, 2.75) is 6.92 Å². The lowest BCUT2D eigenvalue weighted by molar-refractivity contribution is -0.114. The van der Waals surface area contributed by atoms with E-state index in [1.165, 1.54) is 21.1 Å². The summed E-state index contributed by atoms with van der Waals surface area (Å²) in [6.07, 6.45) is 0. The largest absolute Gasteiger partial charge is 0.493 e. The molecule has 0 aromatic heterocycles. The zero-order valence-electron chi connectivity index (χ0n) is 13.0. The molecule has 2 aromatic carbocycles. The average Bonchev–Trinajstić information content (AvgIpc) is 2.54. The molecule has 2 rings (SSSR count). The SMILES string of the molecule is COc1cc(NC(C)=O)c(C(=O)c2ccc(Cl)cc2)cc1OC. The van der Waals surface area contributed by atoms with Crippen LogP contribution in [-0.2, 0) is 4.79 Å². The second kappa shape index (κ2) is 7.15. The molecule has 5 nitrogen and oxygen atoms in total. The first kappa shape index (κ1) is 16.8. The zero-order valence-corrected chi connectivity index (χ0v) is 13.7. The highest BCUT2D eigenvalue weighted by Crippen LogP contribution is 2.34. The average molecular weight is 334 g/mol. The van der Waals surface area contributed by atoms with Crippen molar-refractivity contribution < 1.29 is 19.1 Å². The van der Waals surface area contributed by atoms with Gasteiger partial charge in [-0.3, -0.25) is 9.59 Å². The monoisotopic (exact) mass is 333 g/mol. The van der Waals surface area contributed by atoms with Crippen molar-refractivity contribution in [2.75, 3.05) is 19.5 Å². The van der Waals surface area contributed by atoms with Gasteiger partial charge in [-0.15, -0.1) is 0 Å². The van der Waals surface area contributed by atoms with Crippen LogP contribution in [0.15, 0.2) is 36.4 Å². The van der Waals surface area contributed by atoms with Crippen LogP contribution in [0.4, 0.5) is 5.69 Å². The van der Waals surface area contributed by atoms with Gasteiger partial charge in [0.05, 0.1) is 25.5 Å². The molecule has 0 heterocycles. The predicted molar refractivity (Wildman–Crippen MR) is 88.7 cm³/mol. The molecular formula is C17H16ClNO4. The number of anilines is 1. The zero-order chi connectivity index (χ0) is 17.0. The van der Waals surface area contributed by atoms with Crippen molar-refractivity contribution in [1.29, 1.82) is 0 Å². The molecule has 0 aliphatic heterocycles. The third-order valence-electron chi connectivity index (χ3n) is 3.19. The van der Waals surface area contributed by atoms with E-state index in [2.05, 4.69) is 5.32 Å². The molecule has 6 heteroatoms. The van der Waals surface area contributed by atoms with Gasteiger partial charge in [-0.1, -0.05) is 11.6 Å². The molecule has 0 fully saturated rings. The van der Waals surface area contributed by atoms with E-state index in [0.29, 0.717) is 33.3 Å². The predicted octanol–water partition coefficient (Wildman–Crippen LogP) is 3.55. The summed E-state index contributed by atoms with van der Waals surface area (Å²) in [7, 11) is 2.96. The van der Waals surface area contributed by atoms with E-state index in [-0.39, 0.29) is 11.7 Å². The number of halogens is 1. The van der Waals surface area contributed by atoms with Gasteiger partial charge >= 0.3 is 0 Å². The number of rotatable bonds is 5. The summed E-state index contributed by atoms with van der Waals surface area (Å²) in [5.74, 6) is 0.275. The van der Waals surface area contributed by atoms with Gasteiger partial charge in [0.15, 0.2) is 17.3 Å². The second-order valence-electron chi connectivity index (χ2n) is 4.77. The second-order valence-corrected chi connectivity index (χ2v) is 5.21. The molecule has 1 N–H and O–H groups in total. The number of amides is 1. The van der Waals surface area contributed by atoms with Gasteiger partial charge in [-0.25, -0.2) is 0 Å². The lowest BCUT2D eigenvalue weighted by atomic mass is 10.0. The Labute approximate surface area is 139 Å². The van der Waals surface area contributed by atoms with Gasteiger partial charge < -0.3 is 14.8 Å². The maximum atomic E-state index is 12.7. The third-order valence-corrected chi connectivity index (χ3v) is 3.44. The van der Waals surface area contributed by atoms with Crippen LogP contribution in [0.3, 0.4) is 0 Å². The molecule has 0 unspecified atom stereocenters. The third kappa shape index (κ3) is 3.81. The molecule has 0 radical (unpaired) electrons. The van der Waals surface area contributed by atoms with Crippen molar-refractivity contribution >= 4 is 29.0 Å². The fourth-order valence-electron chi connectivity index (χ4n) is 2.12. The lowest BCUT2D eigenvalue weighted by Crippen LogP contribution is -2.12. The summed E-state index contributed by atoms with van der Waals surface area (Å²) in [4.78, 5) is 24.1. The summed E-state index contributed by atoms with van der Waals surface area (Å²) in [6, 6.07) is 9.61. The van der Waals surface area contributed by atoms with Gasteiger partial charge in [0.2, 0.25) is 5.91 Å². The van der Waals surface area contributed by atoms with Crippen LogP contribution in [0.25, 0.3) is 0 Å². The molecule has 0 spiro atoms. The van der Waals surface area contributed by atoms with Crippen molar-refractivity contribution in [3.8, 4) is 11.5 Å². The lowest BCUT2D eigenvalue weighted by Gasteiger charge is -2.14. The van der Waals surface area contributed by atoms with E-state index in [9.17, 15) is 9.59 Å². The van der Waals surface area contributed by atoms with Crippen molar-refractivity contribution in [3.63, 3.8) is 0 Å². The molecule has 2 aromatic rings. The van der Waals surface area contributed by atoms with Crippen molar-refractivity contribution in [3.05, 3.63) is 52.5 Å². The van der Waals surface area contributed by atoms with Gasteiger partial charge in [0, 0.05) is 23.6 Å². The summed E-state index contributed by atoms with van der Waals surface area (Å²) < 4.78 is 10.4. The number of ketones is 1. The summed E-state index contributed by atoms with van der Waals surface area (Å²) >= 11 is 5.84. The first-order valence-corrected chi connectivity index (χ1v) is 7.18. The van der Waals surface area contributed by atoms with Crippen LogP contribution < -0.4 is 14.8 Å². The molecule has 0 saturated heterocycles. The van der Waals surface area contributed by atoms with E-state index in [0.717, 1.165) is 0 Å². The molecule has 120 valence electrons. The molecule has 23 heavy (non-hydrogen) atoms. The van der Waals surface area contributed by atoms with Gasteiger partial charge in [-0.05, 0) is 30.3 Å². The Hall–Kier alpha value is -2.53. The fourth-order valence-corrected chi connectivity index (χ4v) is 2.24. The molecular weight excluding hydrogens is 318 g/mol. The smallest absolute Gasteiger partial charge is 0.221 e. The number of benzene rings is 2.